The Balaban J connectivity index is 1.01. The van der Waals surface area contributed by atoms with Crippen LogP contribution in [0.4, 0.5) is 41.1 Å². The highest BCUT2D eigenvalue weighted by Crippen LogP contribution is 2.50. The molecule has 3 unspecified atom stereocenters. The predicted molar refractivity (Wildman–Crippen MR) is 285 cm³/mol. The summed E-state index contributed by atoms with van der Waals surface area (Å²) in [6, 6.07) is 54.1. The molecule has 0 bridgehead atoms. The first-order chi connectivity index (χ1) is 36.9. The van der Waals surface area contributed by atoms with Crippen LogP contribution < -0.4 is 21.3 Å². The van der Waals surface area contributed by atoms with E-state index < -0.39 is 53.2 Å². The van der Waals surface area contributed by atoms with Crippen LogP contribution in [0.25, 0.3) is 22.3 Å². The highest BCUT2D eigenvalue weighted by atomic mass is 19.4. The van der Waals surface area contributed by atoms with Crippen molar-refractivity contribution in [3.63, 3.8) is 0 Å². The second-order valence-corrected chi connectivity index (χ2v) is 19.3. The lowest BCUT2D eigenvalue weighted by atomic mass is 9.77. The fourth-order valence-electron chi connectivity index (χ4n) is 11.5. The number of hydrogen-bond donors (Lipinski definition) is 5. The van der Waals surface area contributed by atoms with Crippen LogP contribution in [-0.4, -0.2) is 64.2 Å². The lowest BCUT2D eigenvalue weighted by molar-refractivity contribution is -0.148. The number of anilines is 4. The van der Waals surface area contributed by atoms with E-state index in [1.54, 1.807) is 53.4 Å². The van der Waals surface area contributed by atoms with Gasteiger partial charge in [-0.05, 0) is 93.6 Å². The summed E-state index contributed by atoms with van der Waals surface area (Å²) in [5.74, 6) is -3.16. The molecule has 76 heavy (non-hydrogen) atoms. The van der Waals surface area contributed by atoms with E-state index in [-0.39, 0.29) is 35.6 Å². The van der Waals surface area contributed by atoms with Crippen molar-refractivity contribution < 1.29 is 37.4 Å². The molecule has 11 rings (SSSR count). The van der Waals surface area contributed by atoms with Gasteiger partial charge < -0.3 is 36.0 Å². The van der Waals surface area contributed by atoms with Gasteiger partial charge in [0.2, 0.25) is 11.6 Å². The number of amides is 2. The van der Waals surface area contributed by atoms with Gasteiger partial charge in [-0.15, -0.1) is 0 Å². The van der Waals surface area contributed by atoms with E-state index in [1.165, 1.54) is 19.2 Å². The third-order valence-corrected chi connectivity index (χ3v) is 15.0. The van der Waals surface area contributed by atoms with Crippen LogP contribution in [0.2, 0.25) is 0 Å². The molecule has 382 valence electrons. The minimum Gasteiger partial charge on any atom is -0.465 e. The first-order valence-electron chi connectivity index (χ1n) is 25.2. The number of alkyl halides is 3. The molecule has 3 atom stereocenters. The summed E-state index contributed by atoms with van der Waals surface area (Å²) in [7, 11) is 1.41. The Morgan fingerprint density at radius 1 is 0.697 bits per heavy atom. The quantitative estimate of drug-likeness (QED) is 0.0524. The molecule has 1 saturated heterocycles. The minimum absolute atomic E-state index is 0.0432. The molecule has 8 aromatic rings. The predicted octanol–water partition coefficient (Wildman–Crippen LogP) is 12.8. The maximum atomic E-state index is 15.6. The largest absolute Gasteiger partial charge is 0.465 e. The van der Waals surface area contributed by atoms with E-state index in [2.05, 4.69) is 55.5 Å². The molecule has 1 aliphatic heterocycles. The van der Waals surface area contributed by atoms with Crippen molar-refractivity contribution >= 4 is 41.1 Å². The molecule has 0 saturated carbocycles. The number of piperidine rings is 1. The molecule has 2 heterocycles. The Kier molecular flexibility index (Phi) is 13.2. The van der Waals surface area contributed by atoms with Crippen molar-refractivity contribution in [2.75, 3.05) is 36.1 Å². The summed E-state index contributed by atoms with van der Waals surface area (Å²) < 4.78 is 51.1. The normalized spacial score (nSPS) is 16.6. The van der Waals surface area contributed by atoms with Gasteiger partial charge in [0.15, 0.2) is 0 Å². The third-order valence-electron chi connectivity index (χ3n) is 15.0. The van der Waals surface area contributed by atoms with Gasteiger partial charge in [0.25, 0.3) is 5.91 Å². The number of para-hydroxylation sites is 1. The number of likely N-dealkylation sites (tertiary alicyclic amines) is 1. The highest BCUT2D eigenvalue weighted by molar-refractivity contribution is 6.00. The number of carbonyl (C=O) groups is 3. The van der Waals surface area contributed by atoms with Crippen molar-refractivity contribution in [2.24, 2.45) is 0 Å². The zero-order valence-electron chi connectivity index (χ0n) is 41.2. The number of benzene rings is 7. The second-order valence-electron chi connectivity index (χ2n) is 19.3. The van der Waals surface area contributed by atoms with Crippen LogP contribution in [0.1, 0.15) is 86.3 Å². The number of nitrogens with zero attached hydrogens (tertiary/aromatic N) is 3. The molecular formula is C61H52F3N7O5. The van der Waals surface area contributed by atoms with E-state index in [1.807, 2.05) is 91.0 Å². The van der Waals surface area contributed by atoms with E-state index >= 15 is 4.79 Å². The molecule has 0 spiro atoms. The molecule has 3 aliphatic rings. The van der Waals surface area contributed by atoms with E-state index in [4.69, 9.17) is 4.74 Å². The van der Waals surface area contributed by atoms with E-state index in [0.29, 0.717) is 43.3 Å². The molecule has 15 heteroatoms. The van der Waals surface area contributed by atoms with Gasteiger partial charge in [-0.3, -0.25) is 4.79 Å². The zero-order valence-corrected chi connectivity index (χ0v) is 41.2. The summed E-state index contributed by atoms with van der Waals surface area (Å²) >= 11 is 0. The fraction of sp³-hybridized carbons (Fsp3) is 0.197. The maximum Gasteiger partial charge on any atom is 0.421 e. The Labute approximate surface area is 437 Å². The molecular weight excluding hydrogens is 968 g/mol. The van der Waals surface area contributed by atoms with Gasteiger partial charge in [-0.2, -0.15) is 18.2 Å². The number of carboxylic acid groups (broad SMARTS) is 1. The van der Waals surface area contributed by atoms with Crippen LogP contribution in [0.5, 0.6) is 0 Å². The maximum absolute atomic E-state index is 15.6. The van der Waals surface area contributed by atoms with Crippen LogP contribution >= 0.6 is 0 Å². The van der Waals surface area contributed by atoms with Crippen LogP contribution in [0, 0.1) is 0 Å². The first kappa shape index (κ1) is 49.2. The molecule has 2 aliphatic carbocycles. The number of nitrogens with one attached hydrogen (secondary N) is 4. The average molecular weight is 1020 g/mol. The van der Waals surface area contributed by atoms with Gasteiger partial charge in [0.05, 0.1) is 11.3 Å². The minimum atomic E-state index is -4.94. The van der Waals surface area contributed by atoms with Crippen LogP contribution in [0.3, 0.4) is 0 Å². The molecule has 1 fully saturated rings. The third kappa shape index (κ3) is 9.22. The fourth-order valence-corrected chi connectivity index (χ4v) is 11.5. The summed E-state index contributed by atoms with van der Waals surface area (Å²) in [5, 5.41) is 22.6. The molecule has 0 radical (unpaired) electrons. The molecule has 12 nitrogen and oxygen atoms in total. The van der Waals surface area contributed by atoms with Gasteiger partial charge in [-0.1, -0.05) is 152 Å². The topological polar surface area (TPSA) is 158 Å². The number of carbonyl (C=O) groups excluding carboxylic acids is 2. The van der Waals surface area contributed by atoms with Gasteiger partial charge >= 0.3 is 18.2 Å². The van der Waals surface area contributed by atoms with E-state index in [9.17, 15) is 27.9 Å². The average Bonchev–Trinajstić information content (AvgIpc) is 4.05. The number of esters is 1. The SMILES string of the molecule is CNC(=O)c1ccccc1Nc1nc(NC(Nc2cccc(C3CCCN(C(=O)O)C3CC3c4ccccc4-c4ccccc43)c2)(C(=O)OCC2c3ccccc3-c3ccccc32)c2ccccc2)ncc1C(F)(F)F. The van der Waals surface area contributed by atoms with Crippen molar-refractivity contribution in [3.05, 3.63) is 227 Å². The van der Waals surface area contributed by atoms with Crippen molar-refractivity contribution in [1.82, 2.24) is 20.2 Å². The molecule has 5 N–H and O–H groups in total. The number of rotatable bonds is 14. The van der Waals surface area contributed by atoms with Gasteiger partial charge in [0.1, 0.15) is 18.0 Å². The Morgan fingerprint density at radius 2 is 1.28 bits per heavy atom. The number of aromatic nitrogens is 2. The molecule has 2 amide bonds. The van der Waals surface area contributed by atoms with Crippen molar-refractivity contribution in [2.45, 2.75) is 54.9 Å². The van der Waals surface area contributed by atoms with Crippen molar-refractivity contribution in [1.29, 1.82) is 0 Å². The highest BCUT2D eigenvalue weighted by Gasteiger charge is 2.46. The number of halogens is 3. The second kappa shape index (κ2) is 20.4. The van der Waals surface area contributed by atoms with Crippen LogP contribution in [-0.2, 0) is 21.4 Å². The van der Waals surface area contributed by atoms with Gasteiger partial charge in [0, 0.05) is 54.8 Å². The lowest BCUT2D eigenvalue weighted by Gasteiger charge is -2.42. The first-order valence-corrected chi connectivity index (χ1v) is 25.2. The van der Waals surface area contributed by atoms with Gasteiger partial charge in [-0.25, -0.2) is 14.6 Å². The summed E-state index contributed by atoms with van der Waals surface area (Å²) in [4.78, 5) is 51.9. The Morgan fingerprint density at radius 3 is 1.88 bits per heavy atom. The smallest absolute Gasteiger partial charge is 0.421 e. The number of hydrogen-bond acceptors (Lipinski definition) is 9. The Hall–Kier alpha value is -8.98. The number of fused-ring (bicyclic) bond motifs is 6. The summed E-state index contributed by atoms with van der Waals surface area (Å²) in [6.45, 7) is 0.263. The number of ether oxygens (including phenoxy) is 1. The molecule has 1 aromatic heterocycles. The van der Waals surface area contributed by atoms with Crippen molar-refractivity contribution in [3.8, 4) is 22.3 Å². The Bertz CT molecular complexity index is 3410. The van der Waals surface area contributed by atoms with Crippen LogP contribution in [0.15, 0.2) is 182 Å². The van der Waals surface area contributed by atoms with E-state index in [0.717, 1.165) is 50.1 Å². The lowest BCUT2D eigenvalue weighted by Crippen LogP contribution is -2.52. The monoisotopic (exact) mass is 1020 g/mol. The molecule has 7 aromatic carbocycles. The summed E-state index contributed by atoms with van der Waals surface area (Å²) in [5.41, 5.74) is 6.83. The zero-order chi connectivity index (χ0) is 52.6. The standard InChI is InChI=1S/C61H52F3N7O5/c1-65-56(72)49-29-13-14-31-53(49)67-55-52(61(62,63)64)35-66-58(68-55)70-60(38-18-3-2-4-19-38,57(73)76-36-51-47-27-11-7-23-43(47)44-24-8-12-28-48(44)51)69-39-20-15-17-37(33-39)40-30-16-32-71(59(74)75)54(40)34-50-45-25-9-5-21-41(45)42-22-6-10-26-46(42)50/h2-15,17-29,31,33,35,40,50-51,54,69H,16,30,32,34,36H2,1H3,(H,65,72)(H,74,75)(H2,66,67,68,70). The summed E-state index contributed by atoms with van der Waals surface area (Å²) in [6.07, 6.45) is -3.51.